The molecule has 1 amide bonds. The van der Waals surface area contributed by atoms with Crippen LogP contribution in [0.25, 0.3) is 10.2 Å². The van der Waals surface area contributed by atoms with Gasteiger partial charge in [-0.1, -0.05) is 17.4 Å². The predicted octanol–water partition coefficient (Wildman–Crippen LogP) is 3.74. The van der Waals surface area contributed by atoms with Crippen LogP contribution in [0.2, 0.25) is 0 Å². The minimum absolute atomic E-state index is 0.309. The molecule has 0 saturated heterocycles. The van der Waals surface area contributed by atoms with Crippen molar-refractivity contribution in [1.29, 1.82) is 0 Å². The van der Waals surface area contributed by atoms with Crippen LogP contribution < -0.4 is 14.8 Å². The standard InChI is InChI=1S/C19H18N2O5S/c1-4-26-18(23)11-8-9-13-15(10-11)27-19(20-13)21-17(22)12-6-5-7-14(24-2)16(12)25-3/h5-10H,4H2,1-3H3,(H,20,21,22). The number of para-hydroxylation sites is 1. The fraction of sp³-hybridized carbons (Fsp3) is 0.211. The van der Waals surface area contributed by atoms with E-state index < -0.39 is 0 Å². The van der Waals surface area contributed by atoms with Crippen LogP contribution in [-0.2, 0) is 4.74 Å². The number of carbonyl (C=O) groups is 2. The third-order valence-electron chi connectivity index (χ3n) is 3.77. The summed E-state index contributed by atoms with van der Waals surface area (Å²) in [5, 5.41) is 3.18. The van der Waals surface area contributed by atoms with Crippen LogP contribution in [-0.4, -0.2) is 37.7 Å². The number of aromatic nitrogens is 1. The molecule has 0 aliphatic rings. The number of nitrogens with one attached hydrogen (secondary N) is 1. The average molecular weight is 386 g/mol. The molecule has 0 unspecified atom stereocenters. The molecule has 1 N–H and O–H groups in total. The zero-order valence-electron chi connectivity index (χ0n) is 15.1. The fourth-order valence-corrected chi connectivity index (χ4v) is 3.45. The Labute approximate surface area is 159 Å². The molecule has 0 atom stereocenters. The first kappa shape index (κ1) is 18.7. The number of amides is 1. The van der Waals surface area contributed by atoms with Gasteiger partial charge in [0.2, 0.25) is 0 Å². The Morgan fingerprint density at radius 1 is 1.15 bits per heavy atom. The van der Waals surface area contributed by atoms with Gasteiger partial charge in [-0.2, -0.15) is 0 Å². The quantitative estimate of drug-likeness (QED) is 0.650. The van der Waals surface area contributed by atoms with E-state index in [-0.39, 0.29) is 11.9 Å². The maximum atomic E-state index is 12.6. The SMILES string of the molecule is CCOC(=O)c1ccc2nc(NC(=O)c3cccc(OC)c3OC)sc2c1. The summed E-state index contributed by atoms with van der Waals surface area (Å²) in [5.41, 5.74) is 1.46. The van der Waals surface area contributed by atoms with E-state index >= 15 is 0 Å². The molecule has 0 radical (unpaired) electrons. The maximum Gasteiger partial charge on any atom is 0.338 e. The first-order chi connectivity index (χ1) is 13.1. The maximum absolute atomic E-state index is 12.6. The van der Waals surface area contributed by atoms with Crippen LogP contribution in [0.5, 0.6) is 11.5 Å². The number of nitrogens with zero attached hydrogens (tertiary/aromatic N) is 1. The highest BCUT2D eigenvalue weighted by molar-refractivity contribution is 7.22. The topological polar surface area (TPSA) is 86.8 Å². The predicted molar refractivity (Wildman–Crippen MR) is 103 cm³/mol. The Bertz CT molecular complexity index is 999. The lowest BCUT2D eigenvalue weighted by molar-refractivity contribution is 0.0526. The third-order valence-corrected chi connectivity index (χ3v) is 4.70. The zero-order valence-corrected chi connectivity index (χ0v) is 15.9. The molecule has 2 aromatic carbocycles. The van der Waals surface area contributed by atoms with Crippen LogP contribution >= 0.6 is 11.3 Å². The van der Waals surface area contributed by atoms with Crippen LogP contribution in [0.1, 0.15) is 27.6 Å². The first-order valence-electron chi connectivity index (χ1n) is 8.17. The van der Waals surface area contributed by atoms with Gasteiger partial charge in [-0.25, -0.2) is 9.78 Å². The van der Waals surface area contributed by atoms with Crippen molar-refractivity contribution >= 4 is 38.6 Å². The largest absolute Gasteiger partial charge is 0.493 e. The number of thiazole rings is 1. The number of hydrogen-bond acceptors (Lipinski definition) is 7. The van der Waals surface area contributed by atoms with Gasteiger partial charge in [-0.15, -0.1) is 0 Å². The van der Waals surface area contributed by atoms with Gasteiger partial charge in [0.15, 0.2) is 16.6 Å². The summed E-state index contributed by atoms with van der Waals surface area (Å²) in [6.45, 7) is 2.06. The summed E-state index contributed by atoms with van der Waals surface area (Å²) in [7, 11) is 2.98. The number of fused-ring (bicyclic) bond motifs is 1. The summed E-state index contributed by atoms with van der Waals surface area (Å²) in [4.78, 5) is 28.9. The molecule has 3 aromatic rings. The molecule has 8 heteroatoms. The van der Waals surface area contributed by atoms with Crippen LogP contribution in [0, 0.1) is 0 Å². The van der Waals surface area contributed by atoms with Gasteiger partial charge in [0, 0.05) is 0 Å². The molecule has 3 rings (SSSR count). The number of ether oxygens (including phenoxy) is 3. The number of hydrogen-bond donors (Lipinski definition) is 1. The lowest BCUT2D eigenvalue weighted by Crippen LogP contribution is -2.13. The smallest absolute Gasteiger partial charge is 0.338 e. The fourth-order valence-electron chi connectivity index (χ4n) is 2.55. The summed E-state index contributed by atoms with van der Waals surface area (Å²) >= 11 is 1.27. The Balaban J connectivity index is 1.86. The van der Waals surface area contributed by atoms with Gasteiger partial charge in [-0.05, 0) is 37.3 Å². The van der Waals surface area contributed by atoms with Crippen molar-refractivity contribution in [3.63, 3.8) is 0 Å². The number of carbonyl (C=O) groups excluding carboxylic acids is 2. The molecule has 27 heavy (non-hydrogen) atoms. The monoisotopic (exact) mass is 386 g/mol. The van der Waals surface area contributed by atoms with Gasteiger partial charge in [-0.3, -0.25) is 10.1 Å². The van der Waals surface area contributed by atoms with Gasteiger partial charge in [0.05, 0.1) is 42.2 Å². The van der Waals surface area contributed by atoms with E-state index in [1.807, 2.05) is 0 Å². The summed E-state index contributed by atoms with van der Waals surface area (Å²) in [6.07, 6.45) is 0. The van der Waals surface area contributed by atoms with Gasteiger partial charge < -0.3 is 14.2 Å². The molecule has 1 heterocycles. The van der Waals surface area contributed by atoms with Crippen molar-refractivity contribution in [2.75, 3.05) is 26.1 Å². The summed E-state index contributed by atoms with van der Waals surface area (Å²) in [6, 6.07) is 10.1. The van der Waals surface area contributed by atoms with E-state index in [4.69, 9.17) is 14.2 Å². The number of rotatable bonds is 6. The van der Waals surface area contributed by atoms with Crippen molar-refractivity contribution < 1.29 is 23.8 Å². The van der Waals surface area contributed by atoms with Crippen molar-refractivity contribution in [3.05, 3.63) is 47.5 Å². The van der Waals surface area contributed by atoms with E-state index in [1.54, 1.807) is 43.3 Å². The molecule has 0 aliphatic heterocycles. The summed E-state index contributed by atoms with van der Waals surface area (Å²) in [5.74, 6) is 0.0617. The van der Waals surface area contributed by atoms with Gasteiger partial charge >= 0.3 is 5.97 Å². The van der Waals surface area contributed by atoms with Crippen molar-refractivity contribution in [1.82, 2.24) is 4.98 Å². The molecule has 0 fully saturated rings. The normalized spacial score (nSPS) is 10.5. The van der Waals surface area contributed by atoms with E-state index in [2.05, 4.69) is 10.3 Å². The molecule has 0 saturated carbocycles. The van der Waals surface area contributed by atoms with Crippen LogP contribution in [0.3, 0.4) is 0 Å². The highest BCUT2D eigenvalue weighted by Crippen LogP contribution is 2.32. The Morgan fingerprint density at radius 2 is 1.96 bits per heavy atom. The number of benzene rings is 2. The van der Waals surface area contributed by atoms with Crippen molar-refractivity contribution in [3.8, 4) is 11.5 Å². The van der Waals surface area contributed by atoms with E-state index in [1.165, 1.54) is 25.6 Å². The second-order valence-electron chi connectivity index (χ2n) is 5.42. The Kier molecular flexibility index (Phi) is 5.56. The van der Waals surface area contributed by atoms with Gasteiger partial charge in [0.1, 0.15) is 0 Å². The average Bonchev–Trinajstić information content (AvgIpc) is 3.08. The van der Waals surface area contributed by atoms with Crippen LogP contribution in [0.15, 0.2) is 36.4 Å². The van der Waals surface area contributed by atoms with Crippen LogP contribution in [0.4, 0.5) is 5.13 Å². The minimum Gasteiger partial charge on any atom is -0.493 e. The second kappa shape index (κ2) is 8.05. The highest BCUT2D eigenvalue weighted by atomic mass is 32.1. The summed E-state index contributed by atoms with van der Waals surface area (Å²) < 4.78 is 16.3. The number of esters is 1. The van der Waals surface area contributed by atoms with E-state index in [9.17, 15) is 9.59 Å². The molecule has 140 valence electrons. The Morgan fingerprint density at radius 3 is 2.67 bits per heavy atom. The number of anilines is 1. The molecule has 1 aromatic heterocycles. The third kappa shape index (κ3) is 3.85. The lowest BCUT2D eigenvalue weighted by atomic mass is 10.1. The van der Waals surface area contributed by atoms with E-state index in [0.717, 1.165) is 4.70 Å². The number of methoxy groups -OCH3 is 2. The lowest BCUT2D eigenvalue weighted by Gasteiger charge is -2.11. The Hall–Kier alpha value is -3.13. The van der Waals surface area contributed by atoms with E-state index in [0.29, 0.717) is 39.9 Å². The first-order valence-corrected chi connectivity index (χ1v) is 8.99. The molecule has 0 bridgehead atoms. The molecule has 7 nitrogen and oxygen atoms in total. The molecular formula is C19H18N2O5S. The van der Waals surface area contributed by atoms with Crippen molar-refractivity contribution in [2.24, 2.45) is 0 Å². The van der Waals surface area contributed by atoms with Gasteiger partial charge in [0.25, 0.3) is 5.91 Å². The second-order valence-corrected chi connectivity index (χ2v) is 6.45. The minimum atomic E-state index is -0.389. The molecule has 0 spiro atoms. The molecule has 0 aliphatic carbocycles. The highest BCUT2D eigenvalue weighted by Gasteiger charge is 2.18. The molecular weight excluding hydrogens is 368 g/mol. The zero-order chi connectivity index (χ0) is 19.4. The van der Waals surface area contributed by atoms with Crippen molar-refractivity contribution in [2.45, 2.75) is 6.92 Å².